The van der Waals surface area contributed by atoms with E-state index in [9.17, 15) is 4.79 Å². The maximum Gasteiger partial charge on any atom is 0.276 e. The Morgan fingerprint density at radius 1 is 1.07 bits per heavy atom. The number of piperazine rings is 1. The van der Waals surface area contributed by atoms with Crippen LogP contribution >= 0.6 is 11.3 Å². The Morgan fingerprint density at radius 3 is 2.56 bits per heavy atom. The van der Waals surface area contributed by atoms with E-state index >= 15 is 0 Å². The third kappa shape index (κ3) is 3.96. The van der Waals surface area contributed by atoms with Gasteiger partial charge in [-0.2, -0.15) is 0 Å². The van der Waals surface area contributed by atoms with Crippen LogP contribution < -0.4 is 5.73 Å². The van der Waals surface area contributed by atoms with E-state index in [0.717, 1.165) is 35.9 Å². The van der Waals surface area contributed by atoms with E-state index in [0.29, 0.717) is 13.1 Å². The van der Waals surface area contributed by atoms with Crippen LogP contribution in [-0.4, -0.2) is 56.8 Å². The lowest BCUT2D eigenvalue weighted by atomic mass is 10.2. The summed E-state index contributed by atoms with van der Waals surface area (Å²) in [6.45, 7) is 3.67. The van der Waals surface area contributed by atoms with Gasteiger partial charge in [-0.15, -0.1) is 11.3 Å². The van der Waals surface area contributed by atoms with Crippen molar-refractivity contribution in [1.82, 2.24) is 24.8 Å². The molecular formula is C19H20N6OS. The maximum atomic E-state index is 12.6. The number of aromatic nitrogens is 3. The molecule has 4 rings (SSSR count). The Hall–Kier alpha value is -2.84. The summed E-state index contributed by atoms with van der Waals surface area (Å²) >= 11 is 1.66. The first kappa shape index (κ1) is 17.6. The largest absolute Gasteiger partial charge is 0.382 e. The van der Waals surface area contributed by atoms with Crippen molar-refractivity contribution in [1.29, 1.82) is 0 Å². The van der Waals surface area contributed by atoms with Gasteiger partial charge in [0.2, 0.25) is 0 Å². The molecule has 0 radical (unpaired) electrons. The average Bonchev–Trinajstić information content (AvgIpc) is 3.18. The zero-order chi connectivity index (χ0) is 18.6. The molecule has 0 aliphatic carbocycles. The molecule has 27 heavy (non-hydrogen) atoms. The van der Waals surface area contributed by atoms with Crippen molar-refractivity contribution in [2.24, 2.45) is 0 Å². The number of thiazole rings is 1. The SMILES string of the molecule is Nc1nccnc1C(=O)N1CCN(Cc2csc(-c3ccccc3)n2)CC1. The lowest BCUT2D eigenvalue weighted by Gasteiger charge is -2.34. The first-order valence-electron chi connectivity index (χ1n) is 8.78. The fourth-order valence-electron chi connectivity index (χ4n) is 3.09. The molecule has 1 saturated heterocycles. The monoisotopic (exact) mass is 380 g/mol. The van der Waals surface area contributed by atoms with Crippen LogP contribution in [0.1, 0.15) is 16.2 Å². The highest BCUT2D eigenvalue weighted by Crippen LogP contribution is 2.24. The zero-order valence-corrected chi connectivity index (χ0v) is 15.6. The lowest BCUT2D eigenvalue weighted by molar-refractivity contribution is 0.0622. The molecule has 1 aromatic carbocycles. The molecule has 138 valence electrons. The molecule has 1 amide bonds. The number of carbonyl (C=O) groups is 1. The molecule has 3 heterocycles. The zero-order valence-electron chi connectivity index (χ0n) is 14.8. The van der Waals surface area contributed by atoms with E-state index in [1.165, 1.54) is 12.4 Å². The standard InChI is InChI=1S/C19H20N6OS/c20-17-16(21-6-7-22-17)19(26)25-10-8-24(9-11-25)12-15-13-27-18(23-15)14-4-2-1-3-5-14/h1-7,13H,8-12H2,(H2,20,22). The van der Waals surface area contributed by atoms with Gasteiger partial charge in [0.05, 0.1) is 5.69 Å². The van der Waals surface area contributed by atoms with Crippen molar-refractivity contribution in [2.45, 2.75) is 6.54 Å². The van der Waals surface area contributed by atoms with Gasteiger partial charge in [-0.05, 0) is 0 Å². The van der Waals surface area contributed by atoms with Crippen LogP contribution in [0, 0.1) is 0 Å². The van der Waals surface area contributed by atoms with Gasteiger partial charge in [-0.25, -0.2) is 15.0 Å². The van der Waals surface area contributed by atoms with Crippen LogP contribution in [0.25, 0.3) is 10.6 Å². The highest BCUT2D eigenvalue weighted by atomic mass is 32.1. The minimum atomic E-state index is -0.153. The molecule has 7 nitrogen and oxygen atoms in total. The Labute approximate surface area is 161 Å². The summed E-state index contributed by atoms with van der Waals surface area (Å²) in [7, 11) is 0. The van der Waals surface area contributed by atoms with Crippen molar-refractivity contribution >= 4 is 23.1 Å². The molecule has 0 unspecified atom stereocenters. The van der Waals surface area contributed by atoms with Gasteiger partial charge >= 0.3 is 0 Å². The molecule has 1 fully saturated rings. The normalized spacial score (nSPS) is 15.0. The maximum absolute atomic E-state index is 12.6. The van der Waals surface area contributed by atoms with Crippen LogP contribution in [0.2, 0.25) is 0 Å². The quantitative estimate of drug-likeness (QED) is 0.746. The molecule has 3 aromatic rings. The second kappa shape index (κ2) is 7.81. The van der Waals surface area contributed by atoms with Gasteiger partial charge in [0.25, 0.3) is 5.91 Å². The number of anilines is 1. The van der Waals surface area contributed by atoms with E-state index in [2.05, 4.69) is 32.4 Å². The Kier molecular flexibility index (Phi) is 5.08. The molecule has 0 bridgehead atoms. The molecule has 2 aromatic heterocycles. The fourth-order valence-corrected chi connectivity index (χ4v) is 3.91. The van der Waals surface area contributed by atoms with Crippen LogP contribution in [-0.2, 0) is 6.54 Å². The Bertz CT molecular complexity index is 921. The number of nitrogen functional groups attached to an aromatic ring is 1. The minimum absolute atomic E-state index is 0.153. The number of nitrogens with two attached hydrogens (primary N) is 1. The molecule has 0 spiro atoms. The third-order valence-corrected chi connectivity index (χ3v) is 5.49. The number of hydrogen-bond donors (Lipinski definition) is 1. The second-order valence-electron chi connectivity index (χ2n) is 6.37. The van der Waals surface area contributed by atoms with Crippen molar-refractivity contribution in [3.8, 4) is 10.6 Å². The van der Waals surface area contributed by atoms with Gasteiger partial charge in [-0.1, -0.05) is 30.3 Å². The van der Waals surface area contributed by atoms with Crippen LogP contribution in [0.15, 0.2) is 48.1 Å². The summed E-state index contributed by atoms with van der Waals surface area (Å²) in [6, 6.07) is 10.2. The third-order valence-electron chi connectivity index (χ3n) is 4.55. The molecule has 1 aliphatic heterocycles. The van der Waals surface area contributed by atoms with E-state index in [1.807, 2.05) is 18.2 Å². The number of hydrogen-bond acceptors (Lipinski definition) is 7. The minimum Gasteiger partial charge on any atom is -0.382 e. The van der Waals surface area contributed by atoms with Gasteiger partial charge in [0.1, 0.15) is 5.01 Å². The predicted molar refractivity (Wildman–Crippen MR) is 105 cm³/mol. The average molecular weight is 380 g/mol. The first-order valence-corrected chi connectivity index (χ1v) is 9.66. The number of rotatable bonds is 4. The topological polar surface area (TPSA) is 88.2 Å². The highest BCUT2D eigenvalue weighted by Gasteiger charge is 2.25. The number of carbonyl (C=O) groups excluding carboxylic acids is 1. The molecule has 0 saturated carbocycles. The van der Waals surface area contributed by atoms with Crippen molar-refractivity contribution in [2.75, 3.05) is 31.9 Å². The summed E-state index contributed by atoms with van der Waals surface area (Å²) in [5, 5.41) is 3.15. The lowest BCUT2D eigenvalue weighted by Crippen LogP contribution is -2.48. The Morgan fingerprint density at radius 2 is 1.81 bits per heavy atom. The van der Waals surface area contributed by atoms with E-state index in [1.54, 1.807) is 16.2 Å². The van der Waals surface area contributed by atoms with Crippen molar-refractivity contribution in [3.63, 3.8) is 0 Å². The van der Waals surface area contributed by atoms with E-state index in [4.69, 9.17) is 10.7 Å². The fraction of sp³-hybridized carbons (Fsp3) is 0.263. The smallest absolute Gasteiger partial charge is 0.276 e. The van der Waals surface area contributed by atoms with Gasteiger partial charge in [0, 0.05) is 56.1 Å². The van der Waals surface area contributed by atoms with Crippen LogP contribution in [0.4, 0.5) is 5.82 Å². The number of nitrogens with zero attached hydrogens (tertiary/aromatic N) is 5. The highest BCUT2D eigenvalue weighted by molar-refractivity contribution is 7.13. The number of amides is 1. The van der Waals surface area contributed by atoms with Gasteiger partial charge in [-0.3, -0.25) is 9.69 Å². The van der Waals surface area contributed by atoms with Gasteiger partial charge < -0.3 is 10.6 Å². The Balaban J connectivity index is 1.34. The summed E-state index contributed by atoms with van der Waals surface area (Å²) in [5.41, 5.74) is 8.21. The number of benzene rings is 1. The van der Waals surface area contributed by atoms with Crippen molar-refractivity contribution in [3.05, 3.63) is 59.5 Å². The molecule has 1 aliphatic rings. The summed E-state index contributed by atoms with van der Waals surface area (Å²) in [6.07, 6.45) is 2.98. The summed E-state index contributed by atoms with van der Waals surface area (Å²) in [4.78, 5) is 29.4. The van der Waals surface area contributed by atoms with Crippen LogP contribution in [0.3, 0.4) is 0 Å². The molecule has 8 heteroatoms. The van der Waals surface area contributed by atoms with E-state index < -0.39 is 0 Å². The van der Waals surface area contributed by atoms with Gasteiger partial charge in [0.15, 0.2) is 11.5 Å². The summed E-state index contributed by atoms with van der Waals surface area (Å²) < 4.78 is 0. The predicted octanol–water partition coefficient (Wildman–Crippen LogP) is 2.14. The van der Waals surface area contributed by atoms with Crippen molar-refractivity contribution < 1.29 is 4.79 Å². The summed E-state index contributed by atoms with van der Waals surface area (Å²) in [5.74, 6) is 0.0288. The van der Waals surface area contributed by atoms with Crippen LogP contribution in [0.5, 0.6) is 0 Å². The molecule has 0 atom stereocenters. The molecular weight excluding hydrogens is 360 g/mol. The second-order valence-corrected chi connectivity index (χ2v) is 7.23. The van der Waals surface area contributed by atoms with E-state index in [-0.39, 0.29) is 17.4 Å². The first-order chi connectivity index (χ1) is 13.2. The molecule has 2 N–H and O–H groups in total.